The zero-order chi connectivity index (χ0) is 15.6. The molecule has 1 aliphatic rings. The van der Waals surface area contributed by atoms with E-state index in [1.165, 1.54) is 6.07 Å². The summed E-state index contributed by atoms with van der Waals surface area (Å²) in [6, 6.07) is 3.90. The van der Waals surface area contributed by atoms with Crippen LogP contribution in [0, 0.1) is 12.7 Å². The van der Waals surface area contributed by atoms with Crippen LogP contribution in [0.5, 0.6) is 0 Å². The van der Waals surface area contributed by atoms with E-state index in [-0.39, 0.29) is 11.7 Å². The molecule has 6 heteroatoms. The number of aryl methyl sites for hydroxylation is 1. The Kier molecular flexibility index (Phi) is 4.57. The standard InChI is InChI=1S/C15H19FN2O3/c1-10-3-4-12(9-13(10)16)14(19)18-7-5-17(6-8-18)11(2)15(20)21/h3-4,9,11H,5-8H2,1-2H3,(H,20,21). The van der Waals surface area contributed by atoms with Crippen LogP contribution < -0.4 is 0 Å². The maximum Gasteiger partial charge on any atom is 0.320 e. The summed E-state index contributed by atoms with van der Waals surface area (Å²) in [4.78, 5) is 26.7. The molecule has 0 radical (unpaired) electrons. The van der Waals surface area contributed by atoms with Gasteiger partial charge in [-0.25, -0.2) is 4.39 Å². The number of hydrogen-bond acceptors (Lipinski definition) is 3. The topological polar surface area (TPSA) is 60.9 Å². The van der Waals surface area contributed by atoms with Crippen LogP contribution in [-0.2, 0) is 4.79 Å². The lowest BCUT2D eigenvalue weighted by atomic mass is 10.1. The van der Waals surface area contributed by atoms with Crippen molar-refractivity contribution in [1.29, 1.82) is 0 Å². The maximum absolute atomic E-state index is 13.5. The number of carbonyl (C=O) groups excluding carboxylic acids is 1. The molecule has 0 aliphatic carbocycles. The number of halogens is 1. The van der Waals surface area contributed by atoms with Crippen LogP contribution in [0.25, 0.3) is 0 Å². The van der Waals surface area contributed by atoms with E-state index in [0.717, 1.165) is 0 Å². The van der Waals surface area contributed by atoms with Crippen molar-refractivity contribution in [2.45, 2.75) is 19.9 Å². The summed E-state index contributed by atoms with van der Waals surface area (Å²) < 4.78 is 13.5. The monoisotopic (exact) mass is 294 g/mol. The Hall–Kier alpha value is -1.95. The number of benzene rings is 1. The van der Waals surface area contributed by atoms with Gasteiger partial charge in [0, 0.05) is 31.7 Å². The molecule has 5 nitrogen and oxygen atoms in total. The van der Waals surface area contributed by atoms with Crippen molar-refractivity contribution in [2.75, 3.05) is 26.2 Å². The molecule has 1 aromatic carbocycles. The smallest absolute Gasteiger partial charge is 0.320 e. The molecule has 1 saturated heterocycles. The maximum atomic E-state index is 13.5. The highest BCUT2D eigenvalue weighted by atomic mass is 19.1. The van der Waals surface area contributed by atoms with E-state index >= 15 is 0 Å². The van der Waals surface area contributed by atoms with E-state index in [4.69, 9.17) is 5.11 Å². The minimum absolute atomic E-state index is 0.212. The first-order valence-corrected chi connectivity index (χ1v) is 6.92. The van der Waals surface area contributed by atoms with E-state index in [0.29, 0.717) is 37.3 Å². The Balaban J connectivity index is 2.00. The zero-order valence-electron chi connectivity index (χ0n) is 12.2. The summed E-state index contributed by atoms with van der Waals surface area (Å²) in [6.07, 6.45) is 0. The van der Waals surface area contributed by atoms with Crippen molar-refractivity contribution in [3.8, 4) is 0 Å². The fourth-order valence-electron chi connectivity index (χ4n) is 2.38. The van der Waals surface area contributed by atoms with Crippen LogP contribution in [0.3, 0.4) is 0 Å². The van der Waals surface area contributed by atoms with E-state index in [1.54, 1.807) is 30.9 Å². The lowest BCUT2D eigenvalue weighted by molar-refractivity contribution is -0.143. The predicted octanol–water partition coefficient (Wildman–Crippen LogP) is 1.37. The number of carboxylic acid groups (broad SMARTS) is 1. The van der Waals surface area contributed by atoms with Crippen molar-refractivity contribution in [3.63, 3.8) is 0 Å². The van der Waals surface area contributed by atoms with Crippen molar-refractivity contribution < 1.29 is 19.1 Å². The zero-order valence-corrected chi connectivity index (χ0v) is 12.2. The highest BCUT2D eigenvalue weighted by molar-refractivity contribution is 5.94. The van der Waals surface area contributed by atoms with Crippen LogP contribution in [-0.4, -0.2) is 59.0 Å². The average Bonchev–Trinajstić information content (AvgIpc) is 2.48. The molecule has 1 fully saturated rings. The summed E-state index contributed by atoms with van der Waals surface area (Å²) in [6.45, 7) is 5.20. The number of carboxylic acids is 1. The fourth-order valence-corrected chi connectivity index (χ4v) is 2.38. The molecule has 0 bridgehead atoms. The molecule has 0 saturated carbocycles. The molecule has 21 heavy (non-hydrogen) atoms. The highest BCUT2D eigenvalue weighted by Crippen LogP contribution is 2.14. The molecule has 1 aliphatic heterocycles. The molecule has 2 rings (SSSR count). The van der Waals surface area contributed by atoms with Crippen molar-refractivity contribution >= 4 is 11.9 Å². The summed E-state index contributed by atoms with van der Waals surface area (Å²) in [5, 5.41) is 8.98. The number of hydrogen-bond donors (Lipinski definition) is 1. The summed E-state index contributed by atoms with van der Waals surface area (Å²) in [5.74, 6) is -1.47. The van der Waals surface area contributed by atoms with Gasteiger partial charge in [-0.2, -0.15) is 0 Å². The number of rotatable bonds is 3. The van der Waals surface area contributed by atoms with Gasteiger partial charge < -0.3 is 10.0 Å². The third-order valence-electron chi connectivity index (χ3n) is 3.93. The fraction of sp³-hybridized carbons (Fsp3) is 0.467. The lowest BCUT2D eigenvalue weighted by Gasteiger charge is -2.36. The highest BCUT2D eigenvalue weighted by Gasteiger charge is 2.27. The quantitative estimate of drug-likeness (QED) is 0.914. The molecule has 0 aromatic heterocycles. The van der Waals surface area contributed by atoms with Gasteiger partial charge in [0.25, 0.3) is 5.91 Å². The summed E-state index contributed by atoms with van der Waals surface area (Å²) in [7, 11) is 0. The van der Waals surface area contributed by atoms with Gasteiger partial charge in [-0.3, -0.25) is 14.5 Å². The molecule has 1 heterocycles. The minimum Gasteiger partial charge on any atom is -0.480 e. The van der Waals surface area contributed by atoms with Crippen LogP contribution in [0.15, 0.2) is 18.2 Å². The van der Waals surface area contributed by atoms with E-state index in [1.807, 2.05) is 4.90 Å². The Bertz CT molecular complexity index is 554. The lowest BCUT2D eigenvalue weighted by Crippen LogP contribution is -2.53. The summed E-state index contributed by atoms with van der Waals surface area (Å²) in [5.41, 5.74) is 0.837. The number of piperazine rings is 1. The Labute approximate surface area is 123 Å². The third kappa shape index (κ3) is 3.39. The Morgan fingerprint density at radius 3 is 2.38 bits per heavy atom. The molecule has 1 aromatic rings. The SMILES string of the molecule is Cc1ccc(C(=O)N2CCN(C(C)C(=O)O)CC2)cc1F. The molecule has 1 amide bonds. The minimum atomic E-state index is -0.865. The van der Waals surface area contributed by atoms with Gasteiger partial charge in [0.05, 0.1) is 0 Å². The average molecular weight is 294 g/mol. The number of amides is 1. The molecular weight excluding hydrogens is 275 g/mol. The summed E-state index contributed by atoms with van der Waals surface area (Å²) >= 11 is 0. The van der Waals surface area contributed by atoms with Gasteiger partial charge in [0.1, 0.15) is 11.9 Å². The number of aliphatic carboxylic acids is 1. The molecular formula is C15H19FN2O3. The second-order valence-corrected chi connectivity index (χ2v) is 5.31. The van der Waals surface area contributed by atoms with Gasteiger partial charge in [-0.15, -0.1) is 0 Å². The van der Waals surface area contributed by atoms with Crippen molar-refractivity contribution in [1.82, 2.24) is 9.80 Å². The molecule has 114 valence electrons. The normalized spacial score (nSPS) is 17.6. The van der Waals surface area contributed by atoms with Gasteiger partial charge in [0.2, 0.25) is 0 Å². The first kappa shape index (κ1) is 15.4. The number of nitrogens with zero attached hydrogens (tertiary/aromatic N) is 2. The third-order valence-corrected chi connectivity index (χ3v) is 3.93. The first-order valence-electron chi connectivity index (χ1n) is 6.92. The predicted molar refractivity (Wildman–Crippen MR) is 75.7 cm³/mol. The molecule has 1 atom stereocenters. The van der Waals surface area contributed by atoms with Gasteiger partial charge in [0.15, 0.2) is 0 Å². The first-order chi connectivity index (χ1) is 9.90. The second kappa shape index (κ2) is 6.22. The Morgan fingerprint density at radius 1 is 1.24 bits per heavy atom. The van der Waals surface area contributed by atoms with Gasteiger partial charge in [-0.1, -0.05) is 6.07 Å². The van der Waals surface area contributed by atoms with Gasteiger partial charge >= 0.3 is 5.97 Å². The Morgan fingerprint density at radius 2 is 1.86 bits per heavy atom. The van der Waals surface area contributed by atoms with E-state index in [9.17, 15) is 14.0 Å². The second-order valence-electron chi connectivity index (χ2n) is 5.31. The van der Waals surface area contributed by atoms with E-state index in [2.05, 4.69) is 0 Å². The van der Waals surface area contributed by atoms with Gasteiger partial charge in [-0.05, 0) is 31.5 Å². The van der Waals surface area contributed by atoms with E-state index < -0.39 is 12.0 Å². The molecule has 1 N–H and O–H groups in total. The molecule has 0 spiro atoms. The van der Waals surface area contributed by atoms with Crippen LogP contribution in [0.2, 0.25) is 0 Å². The number of carbonyl (C=O) groups is 2. The van der Waals surface area contributed by atoms with Crippen molar-refractivity contribution in [2.24, 2.45) is 0 Å². The van der Waals surface area contributed by atoms with Crippen LogP contribution >= 0.6 is 0 Å². The van der Waals surface area contributed by atoms with Crippen LogP contribution in [0.1, 0.15) is 22.8 Å². The molecule has 1 unspecified atom stereocenters. The largest absolute Gasteiger partial charge is 0.480 e. The van der Waals surface area contributed by atoms with Crippen LogP contribution in [0.4, 0.5) is 4.39 Å². The van der Waals surface area contributed by atoms with Crippen molar-refractivity contribution in [3.05, 3.63) is 35.1 Å².